The summed E-state index contributed by atoms with van der Waals surface area (Å²) in [4.78, 5) is 39.0. The lowest BCUT2D eigenvalue weighted by molar-refractivity contribution is -0.122. The Morgan fingerprint density at radius 3 is 2.21 bits per heavy atom. The fourth-order valence-electron chi connectivity index (χ4n) is 3.24. The third kappa shape index (κ3) is 5.23. The zero-order valence-electron chi connectivity index (χ0n) is 18.7. The Labute approximate surface area is 195 Å². The Bertz CT molecular complexity index is 1070. The highest BCUT2D eigenvalue weighted by molar-refractivity contribution is 8.18. The third-order valence-corrected chi connectivity index (χ3v) is 5.74. The van der Waals surface area contributed by atoms with Crippen molar-refractivity contribution in [2.24, 2.45) is 0 Å². The van der Waals surface area contributed by atoms with Crippen LogP contribution in [0.25, 0.3) is 6.08 Å². The zero-order chi connectivity index (χ0) is 24.0. The molecule has 3 amide bonds. The number of para-hydroxylation sites is 1. The van der Waals surface area contributed by atoms with Crippen LogP contribution in [0.3, 0.4) is 0 Å². The lowest BCUT2D eigenvalue weighted by Crippen LogP contribution is -2.37. The van der Waals surface area contributed by atoms with E-state index in [4.69, 9.17) is 18.9 Å². The van der Waals surface area contributed by atoms with Gasteiger partial charge in [0.05, 0.1) is 38.9 Å². The van der Waals surface area contributed by atoms with E-state index >= 15 is 0 Å². The van der Waals surface area contributed by atoms with Crippen LogP contribution in [0.2, 0.25) is 0 Å². The van der Waals surface area contributed by atoms with Crippen molar-refractivity contribution in [2.75, 3.05) is 41.5 Å². The Hall–Kier alpha value is -3.66. The van der Waals surface area contributed by atoms with Gasteiger partial charge >= 0.3 is 0 Å². The van der Waals surface area contributed by atoms with Gasteiger partial charge in [-0.1, -0.05) is 12.1 Å². The fourth-order valence-corrected chi connectivity index (χ4v) is 4.10. The number of ether oxygens (including phenoxy) is 4. The summed E-state index contributed by atoms with van der Waals surface area (Å²) in [6.45, 7) is 0.143. The van der Waals surface area contributed by atoms with Crippen molar-refractivity contribution in [1.29, 1.82) is 0 Å². The average Bonchev–Trinajstić information content (AvgIpc) is 3.10. The van der Waals surface area contributed by atoms with Crippen molar-refractivity contribution in [3.63, 3.8) is 0 Å². The molecule has 0 spiro atoms. The summed E-state index contributed by atoms with van der Waals surface area (Å²) in [6.07, 6.45) is 1.59. The molecule has 2 aromatic rings. The van der Waals surface area contributed by atoms with E-state index in [9.17, 15) is 14.4 Å². The number of nitrogens with zero attached hydrogens (tertiary/aromatic N) is 1. The number of methoxy groups -OCH3 is 4. The maximum absolute atomic E-state index is 12.8. The minimum Gasteiger partial charge on any atom is -0.496 e. The van der Waals surface area contributed by atoms with Crippen LogP contribution >= 0.6 is 11.8 Å². The molecule has 1 N–H and O–H groups in total. The topological polar surface area (TPSA) is 103 Å². The second kappa shape index (κ2) is 10.8. The molecule has 1 aliphatic rings. The fraction of sp³-hybridized carbons (Fsp3) is 0.261. The number of imide groups is 1. The molecule has 2 aromatic carbocycles. The van der Waals surface area contributed by atoms with Crippen LogP contribution in [0.4, 0.5) is 4.79 Å². The van der Waals surface area contributed by atoms with Crippen molar-refractivity contribution >= 4 is 34.9 Å². The molecule has 1 heterocycles. The van der Waals surface area contributed by atoms with Crippen molar-refractivity contribution in [2.45, 2.75) is 0 Å². The van der Waals surface area contributed by atoms with Gasteiger partial charge < -0.3 is 24.3 Å². The highest BCUT2D eigenvalue weighted by atomic mass is 32.2. The van der Waals surface area contributed by atoms with E-state index in [1.165, 1.54) is 28.4 Å². The second-order valence-corrected chi connectivity index (χ2v) is 7.74. The van der Waals surface area contributed by atoms with E-state index in [2.05, 4.69) is 5.32 Å². The van der Waals surface area contributed by atoms with Crippen LogP contribution in [0.5, 0.6) is 23.0 Å². The van der Waals surface area contributed by atoms with E-state index in [1.54, 1.807) is 42.5 Å². The minimum atomic E-state index is -0.440. The number of benzene rings is 2. The maximum Gasteiger partial charge on any atom is 0.293 e. The molecule has 0 saturated carbocycles. The molecule has 3 rings (SSSR count). The predicted octanol–water partition coefficient (Wildman–Crippen LogP) is 3.19. The molecule has 0 aromatic heterocycles. The summed E-state index contributed by atoms with van der Waals surface area (Å²) in [6, 6.07) is 10.2. The number of nitrogens with one attached hydrogen (secondary N) is 1. The molecule has 10 heteroatoms. The summed E-state index contributed by atoms with van der Waals surface area (Å²) >= 11 is 0.828. The number of amides is 3. The van der Waals surface area contributed by atoms with Gasteiger partial charge in [0, 0.05) is 13.1 Å². The summed E-state index contributed by atoms with van der Waals surface area (Å²) in [5, 5.41) is 2.30. The summed E-state index contributed by atoms with van der Waals surface area (Å²) in [5.74, 6) is 0.936. The van der Waals surface area contributed by atoms with Gasteiger partial charge in [-0.15, -0.1) is 0 Å². The zero-order valence-corrected chi connectivity index (χ0v) is 19.5. The molecule has 1 fully saturated rings. The third-order valence-electron chi connectivity index (χ3n) is 4.83. The molecular formula is C23H24N2O7S. The average molecular weight is 473 g/mol. The summed E-state index contributed by atoms with van der Waals surface area (Å²) < 4.78 is 21.1. The Morgan fingerprint density at radius 1 is 0.970 bits per heavy atom. The maximum atomic E-state index is 12.8. The molecule has 0 radical (unpaired) electrons. The highest BCUT2D eigenvalue weighted by Gasteiger charge is 2.34. The SMILES string of the molecule is COc1ccccc1C(=O)NCCN1C(=O)S/C(=C\c2cc(OC)c(OC)c(OC)c2)C1=O. The number of rotatable bonds is 9. The monoisotopic (exact) mass is 472 g/mol. The molecule has 174 valence electrons. The number of hydrogen-bond acceptors (Lipinski definition) is 8. The van der Waals surface area contributed by atoms with Gasteiger partial charge in [-0.3, -0.25) is 19.3 Å². The molecular weight excluding hydrogens is 448 g/mol. The molecule has 1 aliphatic heterocycles. The number of carbonyl (C=O) groups is 3. The highest BCUT2D eigenvalue weighted by Crippen LogP contribution is 2.40. The van der Waals surface area contributed by atoms with Gasteiger partial charge in [0.15, 0.2) is 11.5 Å². The number of thioether (sulfide) groups is 1. The largest absolute Gasteiger partial charge is 0.496 e. The van der Waals surface area contributed by atoms with E-state index in [0.717, 1.165) is 16.7 Å². The lowest BCUT2D eigenvalue weighted by Gasteiger charge is -2.14. The Balaban J connectivity index is 1.69. The van der Waals surface area contributed by atoms with Gasteiger partial charge in [0.2, 0.25) is 5.75 Å². The Morgan fingerprint density at radius 2 is 1.61 bits per heavy atom. The van der Waals surface area contributed by atoms with Gasteiger partial charge in [0.25, 0.3) is 17.1 Å². The first-order valence-corrected chi connectivity index (χ1v) is 10.7. The van der Waals surface area contributed by atoms with E-state index in [1.807, 2.05) is 0 Å². The van der Waals surface area contributed by atoms with Crippen LogP contribution in [0.1, 0.15) is 15.9 Å². The smallest absolute Gasteiger partial charge is 0.293 e. The van der Waals surface area contributed by atoms with Crippen LogP contribution in [-0.2, 0) is 4.79 Å². The first kappa shape index (κ1) is 24.0. The van der Waals surface area contributed by atoms with Gasteiger partial charge in [-0.25, -0.2) is 0 Å². The van der Waals surface area contributed by atoms with Crippen LogP contribution in [0.15, 0.2) is 41.3 Å². The molecule has 0 aliphatic carbocycles. The summed E-state index contributed by atoms with van der Waals surface area (Å²) in [7, 11) is 5.97. The van der Waals surface area contributed by atoms with Gasteiger partial charge in [0.1, 0.15) is 5.75 Å². The van der Waals surface area contributed by atoms with Crippen molar-refractivity contribution < 1.29 is 33.3 Å². The summed E-state index contributed by atoms with van der Waals surface area (Å²) in [5.41, 5.74) is 0.982. The van der Waals surface area contributed by atoms with Gasteiger partial charge in [-0.2, -0.15) is 0 Å². The number of hydrogen-bond donors (Lipinski definition) is 1. The van der Waals surface area contributed by atoms with E-state index in [-0.39, 0.29) is 23.9 Å². The van der Waals surface area contributed by atoms with E-state index in [0.29, 0.717) is 34.1 Å². The first-order chi connectivity index (χ1) is 15.9. The predicted molar refractivity (Wildman–Crippen MR) is 124 cm³/mol. The van der Waals surface area contributed by atoms with Crippen molar-refractivity contribution in [1.82, 2.24) is 10.2 Å². The molecule has 0 atom stereocenters. The molecule has 0 bridgehead atoms. The molecule has 0 unspecified atom stereocenters. The van der Waals surface area contributed by atoms with E-state index < -0.39 is 11.1 Å². The van der Waals surface area contributed by atoms with Crippen molar-refractivity contribution in [3.05, 3.63) is 52.4 Å². The minimum absolute atomic E-state index is 0.0398. The molecule has 33 heavy (non-hydrogen) atoms. The van der Waals surface area contributed by atoms with Crippen molar-refractivity contribution in [3.8, 4) is 23.0 Å². The standard InChI is InChI=1S/C23H24N2O7S/c1-29-16-8-6-5-7-15(16)21(26)24-9-10-25-22(27)19(33-23(25)28)13-14-11-17(30-2)20(32-4)18(12-14)31-3/h5-8,11-13H,9-10H2,1-4H3,(H,24,26)/b19-13-. The number of carbonyl (C=O) groups excluding carboxylic acids is 3. The molecule has 1 saturated heterocycles. The quantitative estimate of drug-likeness (QED) is 0.555. The van der Waals surface area contributed by atoms with Gasteiger partial charge in [-0.05, 0) is 47.7 Å². The van der Waals surface area contributed by atoms with Crippen LogP contribution in [-0.4, -0.2) is 63.5 Å². The van der Waals surface area contributed by atoms with Crippen LogP contribution < -0.4 is 24.3 Å². The normalized spacial score (nSPS) is 14.4. The Kier molecular flexibility index (Phi) is 7.83. The second-order valence-electron chi connectivity index (χ2n) is 6.75. The lowest BCUT2D eigenvalue weighted by atomic mass is 10.1. The first-order valence-electron chi connectivity index (χ1n) is 9.90. The molecule has 9 nitrogen and oxygen atoms in total. The van der Waals surface area contributed by atoms with Crippen LogP contribution in [0, 0.1) is 0 Å².